The zero-order chi connectivity index (χ0) is 31.6. The zero-order valence-electron chi connectivity index (χ0n) is 25.4. The molecule has 0 bridgehead atoms. The first-order valence-electron chi connectivity index (χ1n) is 15.3. The molecule has 242 valence electrons. The molecule has 43 heavy (non-hydrogen) atoms. The minimum absolute atomic E-state index is 0.0906. The van der Waals surface area contributed by atoms with Crippen LogP contribution in [0, 0.1) is 11.8 Å². The van der Waals surface area contributed by atoms with Crippen molar-refractivity contribution < 1.29 is 38.6 Å². The summed E-state index contributed by atoms with van der Waals surface area (Å²) < 4.78 is 4.97. The third-order valence-electron chi connectivity index (χ3n) is 7.94. The highest BCUT2D eigenvalue weighted by atomic mass is 32.2. The predicted octanol–water partition coefficient (Wildman–Crippen LogP) is 2.54. The number of rotatable bonds is 13. The van der Waals surface area contributed by atoms with E-state index in [1.165, 1.54) is 0 Å². The summed E-state index contributed by atoms with van der Waals surface area (Å²) >= 11 is 3.46. The molecule has 3 aliphatic rings. The van der Waals surface area contributed by atoms with Crippen LogP contribution in [0.1, 0.15) is 78.6 Å². The highest BCUT2D eigenvalue weighted by Crippen LogP contribution is 2.50. The van der Waals surface area contributed by atoms with Crippen LogP contribution in [0.5, 0.6) is 0 Å². The largest absolute Gasteiger partial charge is 0.480 e. The number of hydrogen-bond acceptors (Lipinski definition) is 9. The van der Waals surface area contributed by atoms with Gasteiger partial charge < -0.3 is 30.7 Å². The van der Waals surface area contributed by atoms with Crippen LogP contribution in [0.15, 0.2) is 0 Å². The van der Waals surface area contributed by atoms with Gasteiger partial charge in [-0.05, 0) is 49.0 Å². The normalized spacial score (nSPS) is 21.6. The Kier molecular flexibility index (Phi) is 13.5. The predicted molar refractivity (Wildman–Crippen MR) is 165 cm³/mol. The summed E-state index contributed by atoms with van der Waals surface area (Å²) in [5.74, 6) is -2.35. The summed E-state index contributed by atoms with van der Waals surface area (Å²) in [6, 6.07) is -2.91. The highest BCUT2D eigenvalue weighted by molar-refractivity contribution is 8.18. The average molecular weight is 643 g/mol. The minimum atomic E-state index is -1.29. The van der Waals surface area contributed by atoms with Gasteiger partial charge in [-0.2, -0.15) is 0 Å². The summed E-state index contributed by atoms with van der Waals surface area (Å²) in [7, 11) is 0. The Labute approximate surface area is 261 Å². The van der Waals surface area contributed by atoms with E-state index in [0.29, 0.717) is 19.4 Å². The van der Waals surface area contributed by atoms with Crippen LogP contribution in [0.4, 0.5) is 4.79 Å². The zero-order valence-corrected chi connectivity index (χ0v) is 27.0. The van der Waals surface area contributed by atoms with Gasteiger partial charge in [0, 0.05) is 13.0 Å². The van der Waals surface area contributed by atoms with Gasteiger partial charge in [0.05, 0.1) is 16.7 Å². The fourth-order valence-corrected chi connectivity index (χ4v) is 9.15. The smallest absolute Gasteiger partial charge is 0.407 e. The lowest BCUT2D eigenvalue weighted by Gasteiger charge is -2.35. The SMILES string of the molecule is CCCC(NC(=O)C1CC2(CN1C(=O)C(NC(=O)OCC(C)C)C1CCCCC1)SCCCS2)C(=O)C(=O)NCC(=O)O. The number of carboxylic acid groups (broad SMARTS) is 1. The second-order valence-corrected chi connectivity index (χ2v) is 15.2. The number of amides is 4. The van der Waals surface area contributed by atoms with Crippen molar-refractivity contribution in [3.8, 4) is 0 Å². The summed E-state index contributed by atoms with van der Waals surface area (Å²) in [4.78, 5) is 78.6. The number of nitrogens with zero attached hydrogens (tertiary/aromatic N) is 1. The van der Waals surface area contributed by atoms with E-state index >= 15 is 0 Å². The van der Waals surface area contributed by atoms with Crippen molar-refractivity contribution in [3.63, 3.8) is 0 Å². The van der Waals surface area contributed by atoms with E-state index in [-0.39, 0.29) is 30.8 Å². The number of aliphatic carboxylic acids is 1. The van der Waals surface area contributed by atoms with Crippen LogP contribution in [0.3, 0.4) is 0 Å². The Hall–Kier alpha value is -2.48. The van der Waals surface area contributed by atoms with Crippen LogP contribution in [-0.2, 0) is 28.7 Å². The second-order valence-electron chi connectivity index (χ2n) is 12.0. The molecule has 1 aliphatic carbocycles. The Morgan fingerprint density at radius 3 is 2.28 bits per heavy atom. The number of carboxylic acids is 1. The molecule has 4 N–H and O–H groups in total. The molecular weight excluding hydrogens is 596 g/mol. The van der Waals surface area contributed by atoms with E-state index in [4.69, 9.17) is 9.84 Å². The van der Waals surface area contributed by atoms with Crippen molar-refractivity contribution in [3.05, 3.63) is 0 Å². The molecule has 4 amide bonds. The molecule has 0 aromatic heterocycles. The Morgan fingerprint density at radius 1 is 1.00 bits per heavy atom. The Balaban J connectivity index is 1.85. The lowest BCUT2D eigenvalue weighted by molar-refractivity contribution is -0.144. The molecule has 3 fully saturated rings. The number of likely N-dealkylation sites (tertiary alicyclic amines) is 1. The molecule has 1 saturated carbocycles. The van der Waals surface area contributed by atoms with Crippen LogP contribution in [-0.4, -0.2) is 99.0 Å². The van der Waals surface area contributed by atoms with E-state index in [1.54, 1.807) is 35.3 Å². The van der Waals surface area contributed by atoms with Crippen LogP contribution >= 0.6 is 23.5 Å². The number of ether oxygens (including phenoxy) is 1. The number of carbonyl (C=O) groups excluding carboxylic acids is 5. The molecule has 3 rings (SSSR count). The molecule has 0 aromatic carbocycles. The Bertz CT molecular complexity index is 1030. The molecule has 2 aliphatic heterocycles. The van der Waals surface area contributed by atoms with Gasteiger partial charge in [-0.3, -0.25) is 24.0 Å². The van der Waals surface area contributed by atoms with Gasteiger partial charge in [-0.15, -0.1) is 23.5 Å². The average Bonchev–Trinajstić information content (AvgIpc) is 3.35. The maximum Gasteiger partial charge on any atom is 0.407 e. The lowest BCUT2D eigenvalue weighted by atomic mass is 9.83. The van der Waals surface area contributed by atoms with Crippen molar-refractivity contribution in [2.45, 2.75) is 101 Å². The quantitative estimate of drug-likeness (QED) is 0.219. The third kappa shape index (κ3) is 10.0. The molecule has 2 heterocycles. The number of ketones is 1. The fraction of sp³-hybridized carbons (Fsp3) is 0.793. The van der Waals surface area contributed by atoms with Crippen molar-refractivity contribution in [2.75, 3.05) is 31.2 Å². The van der Waals surface area contributed by atoms with Gasteiger partial charge in [0.2, 0.25) is 17.6 Å². The molecule has 14 heteroatoms. The molecule has 12 nitrogen and oxygen atoms in total. The van der Waals surface area contributed by atoms with Gasteiger partial charge in [0.15, 0.2) is 0 Å². The van der Waals surface area contributed by atoms with Gasteiger partial charge >= 0.3 is 12.1 Å². The molecule has 3 atom stereocenters. The van der Waals surface area contributed by atoms with Crippen molar-refractivity contribution in [1.82, 2.24) is 20.9 Å². The third-order valence-corrected chi connectivity index (χ3v) is 11.3. The summed E-state index contributed by atoms with van der Waals surface area (Å²) in [6.45, 7) is 5.47. The molecule has 0 radical (unpaired) electrons. The molecule has 1 spiro atoms. The van der Waals surface area contributed by atoms with E-state index in [1.807, 2.05) is 13.8 Å². The highest BCUT2D eigenvalue weighted by Gasteiger charge is 2.52. The van der Waals surface area contributed by atoms with E-state index in [2.05, 4.69) is 16.0 Å². The lowest BCUT2D eigenvalue weighted by Crippen LogP contribution is -2.58. The molecular formula is C29H46N4O8S2. The first-order chi connectivity index (χ1) is 20.5. The van der Waals surface area contributed by atoms with Crippen LogP contribution in [0.2, 0.25) is 0 Å². The summed E-state index contributed by atoms with van der Waals surface area (Å²) in [5, 5.41) is 16.5. The second kappa shape index (κ2) is 16.6. The fourth-order valence-electron chi connectivity index (χ4n) is 5.80. The maximum atomic E-state index is 14.3. The number of Topliss-reactive ketones (excluding diaryl/α,β-unsaturated/α-hetero) is 1. The number of hydrogen-bond donors (Lipinski definition) is 4. The van der Waals surface area contributed by atoms with Gasteiger partial charge in [0.1, 0.15) is 18.6 Å². The first-order valence-corrected chi connectivity index (χ1v) is 17.3. The summed E-state index contributed by atoms with van der Waals surface area (Å²) in [5.41, 5.74) is 0. The standard InChI is InChI=1S/C29H46N4O8S2/c1-4-9-20(24(36)26(38)30-15-22(34)35)31-25(37)21-14-29(42-12-8-13-43-29)17-33(21)27(39)23(19-10-6-5-7-11-19)32-28(40)41-16-18(2)3/h18-21,23H,4-17H2,1-3H3,(H,30,38)(H,31,37)(H,32,40)(H,34,35). The number of thioether (sulfide) groups is 2. The topological polar surface area (TPSA) is 171 Å². The Morgan fingerprint density at radius 2 is 1.67 bits per heavy atom. The first kappa shape index (κ1) is 35.0. The van der Waals surface area contributed by atoms with E-state index in [9.17, 15) is 28.8 Å². The van der Waals surface area contributed by atoms with Gasteiger partial charge in [0.25, 0.3) is 5.91 Å². The van der Waals surface area contributed by atoms with Crippen molar-refractivity contribution in [2.24, 2.45) is 11.8 Å². The number of nitrogens with one attached hydrogen (secondary N) is 3. The number of alkyl carbamates (subject to hydrolysis) is 1. The van der Waals surface area contributed by atoms with E-state index in [0.717, 1.165) is 50.0 Å². The van der Waals surface area contributed by atoms with E-state index < -0.39 is 58.4 Å². The maximum absolute atomic E-state index is 14.3. The molecule has 0 aromatic rings. The van der Waals surface area contributed by atoms with Crippen LogP contribution in [0.25, 0.3) is 0 Å². The monoisotopic (exact) mass is 642 g/mol. The van der Waals surface area contributed by atoms with Crippen molar-refractivity contribution >= 4 is 59.1 Å². The van der Waals surface area contributed by atoms with Crippen LogP contribution < -0.4 is 16.0 Å². The van der Waals surface area contributed by atoms with Crippen molar-refractivity contribution in [1.29, 1.82) is 0 Å². The van der Waals surface area contributed by atoms with Gasteiger partial charge in [-0.25, -0.2) is 4.79 Å². The van der Waals surface area contributed by atoms with Gasteiger partial charge in [-0.1, -0.05) is 46.5 Å². The molecule has 2 saturated heterocycles. The number of carbonyl (C=O) groups is 6. The summed E-state index contributed by atoms with van der Waals surface area (Å²) in [6.07, 6.45) is 5.90. The molecule has 3 unspecified atom stereocenters. The minimum Gasteiger partial charge on any atom is -0.480 e.